The lowest BCUT2D eigenvalue weighted by atomic mass is 10.00. The van der Waals surface area contributed by atoms with E-state index in [0.29, 0.717) is 5.76 Å². The maximum atomic E-state index is 12.7. The fourth-order valence-corrected chi connectivity index (χ4v) is 5.07. The Hall–Kier alpha value is -2.49. The molecule has 0 spiro atoms. The van der Waals surface area contributed by atoms with Crippen molar-refractivity contribution in [3.05, 3.63) is 89.3 Å². The molecule has 1 aliphatic rings. The van der Waals surface area contributed by atoms with Gasteiger partial charge in [0.1, 0.15) is 11.5 Å². The minimum atomic E-state index is -1.58. The first-order chi connectivity index (χ1) is 14.7. The van der Waals surface area contributed by atoms with Crippen LogP contribution in [0.4, 0.5) is 0 Å². The summed E-state index contributed by atoms with van der Waals surface area (Å²) >= 11 is -1.58. The number of hydrogen-bond acceptors (Lipinski definition) is 1. The van der Waals surface area contributed by atoms with Gasteiger partial charge in [-0.2, -0.15) is 4.55 Å². The van der Waals surface area contributed by atoms with E-state index in [4.69, 9.17) is 4.74 Å². The Labute approximate surface area is 182 Å². The lowest BCUT2D eigenvalue weighted by Gasteiger charge is -2.11. The number of unbranched alkanes of at least 4 members (excludes halogenated alkanes) is 4. The normalized spacial score (nSPS) is 16.2. The Balaban J connectivity index is 1.44. The number of hydrogen-bond donors (Lipinski definition) is 1. The summed E-state index contributed by atoms with van der Waals surface area (Å²) in [6.07, 6.45) is 7.68. The van der Waals surface area contributed by atoms with E-state index >= 15 is 0 Å². The zero-order valence-corrected chi connectivity index (χ0v) is 18.4. The van der Waals surface area contributed by atoms with Crippen LogP contribution in [0.3, 0.4) is 0 Å². The molecule has 0 N–H and O–H groups in total. The SMILES string of the molecule is CCCCCCCc1ccc(-c2ccc3c(c2)[SH]([O])C=C3Oc2ccccc2)cc1. The second-order valence-corrected chi connectivity index (χ2v) is 9.22. The number of benzene rings is 3. The van der Waals surface area contributed by atoms with E-state index in [1.807, 2.05) is 42.5 Å². The van der Waals surface area contributed by atoms with Crippen molar-refractivity contribution >= 4 is 16.9 Å². The van der Waals surface area contributed by atoms with Crippen LogP contribution in [0.5, 0.6) is 5.75 Å². The average molecular weight is 418 g/mol. The number of para-hydroxylation sites is 1. The molecule has 4 rings (SSSR count). The number of ether oxygens (including phenoxy) is 1. The first-order valence-electron chi connectivity index (χ1n) is 10.9. The molecule has 3 aromatic rings. The molecule has 30 heavy (non-hydrogen) atoms. The van der Waals surface area contributed by atoms with Gasteiger partial charge in [-0.25, -0.2) is 0 Å². The van der Waals surface area contributed by atoms with Gasteiger partial charge >= 0.3 is 0 Å². The van der Waals surface area contributed by atoms with E-state index in [9.17, 15) is 4.55 Å². The summed E-state index contributed by atoms with van der Waals surface area (Å²) in [5, 5.41) is 1.73. The predicted molar refractivity (Wildman–Crippen MR) is 127 cm³/mol. The molecule has 0 aromatic heterocycles. The van der Waals surface area contributed by atoms with Crippen molar-refractivity contribution < 1.29 is 9.29 Å². The molecule has 2 nitrogen and oxygen atoms in total. The van der Waals surface area contributed by atoms with Crippen molar-refractivity contribution in [3.63, 3.8) is 0 Å². The summed E-state index contributed by atoms with van der Waals surface area (Å²) in [5.41, 5.74) is 4.57. The maximum Gasteiger partial charge on any atom is 0.142 e. The highest BCUT2D eigenvalue weighted by Crippen LogP contribution is 2.49. The molecule has 1 unspecified atom stereocenters. The van der Waals surface area contributed by atoms with Crippen LogP contribution in [-0.2, 0) is 11.0 Å². The summed E-state index contributed by atoms with van der Waals surface area (Å²) in [5.74, 6) is 1.44. The maximum absolute atomic E-state index is 12.7. The summed E-state index contributed by atoms with van der Waals surface area (Å²) < 4.78 is 18.7. The van der Waals surface area contributed by atoms with Gasteiger partial charge < -0.3 is 4.74 Å². The van der Waals surface area contributed by atoms with Gasteiger partial charge in [0.05, 0.1) is 0 Å². The predicted octanol–water partition coefficient (Wildman–Crippen LogP) is 7.96. The van der Waals surface area contributed by atoms with Crippen molar-refractivity contribution in [1.29, 1.82) is 0 Å². The summed E-state index contributed by atoms with van der Waals surface area (Å²) in [6.45, 7) is 2.25. The van der Waals surface area contributed by atoms with Gasteiger partial charge in [0.25, 0.3) is 0 Å². The smallest absolute Gasteiger partial charge is 0.142 e. The van der Waals surface area contributed by atoms with Gasteiger partial charge in [-0.15, -0.1) is 0 Å². The molecule has 0 amide bonds. The minimum absolute atomic E-state index is 0.683. The van der Waals surface area contributed by atoms with Crippen LogP contribution in [0.15, 0.2) is 83.1 Å². The molecule has 3 heteroatoms. The molecule has 0 aliphatic carbocycles. The molecule has 1 atom stereocenters. The molecule has 1 radical (unpaired) electrons. The van der Waals surface area contributed by atoms with Gasteiger partial charge in [-0.05, 0) is 53.8 Å². The second-order valence-electron chi connectivity index (χ2n) is 7.83. The van der Waals surface area contributed by atoms with Crippen LogP contribution in [0.1, 0.15) is 50.2 Å². The Morgan fingerprint density at radius 2 is 1.53 bits per heavy atom. The minimum Gasteiger partial charge on any atom is -0.456 e. The van der Waals surface area contributed by atoms with Crippen molar-refractivity contribution in [3.8, 4) is 16.9 Å². The monoisotopic (exact) mass is 417 g/mol. The van der Waals surface area contributed by atoms with Gasteiger partial charge in [0, 0.05) is 15.9 Å². The van der Waals surface area contributed by atoms with Crippen LogP contribution in [-0.4, -0.2) is 0 Å². The fourth-order valence-electron chi connectivity index (χ4n) is 3.84. The number of fused-ring (bicyclic) bond motifs is 1. The van der Waals surface area contributed by atoms with Crippen LogP contribution in [0.25, 0.3) is 16.9 Å². The van der Waals surface area contributed by atoms with Gasteiger partial charge in [-0.3, -0.25) is 0 Å². The van der Waals surface area contributed by atoms with Gasteiger partial charge in [0.15, 0.2) is 0 Å². The highest BCUT2D eigenvalue weighted by molar-refractivity contribution is 8.15. The molecule has 0 saturated heterocycles. The molecule has 0 fully saturated rings. The fraction of sp³-hybridized carbons (Fsp3) is 0.259. The van der Waals surface area contributed by atoms with Crippen molar-refractivity contribution in [2.45, 2.75) is 50.3 Å². The van der Waals surface area contributed by atoms with E-state index in [2.05, 4.69) is 37.3 Å². The van der Waals surface area contributed by atoms with Crippen LogP contribution in [0.2, 0.25) is 0 Å². The third-order valence-electron chi connectivity index (χ3n) is 5.56. The third kappa shape index (κ3) is 4.97. The quantitative estimate of drug-likeness (QED) is 0.278. The summed E-state index contributed by atoms with van der Waals surface area (Å²) in [7, 11) is 0. The highest BCUT2D eigenvalue weighted by Gasteiger charge is 2.23. The largest absolute Gasteiger partial charge is 0.456 e. The molecule has 0 saturated carbocycles. The molecule has 1 heterocycles. The van der Waals surface area contributed by atoms with E-state index in [1.165, 1.54) is 37.7 Å². The highest BCUT2D eigenvalue weighted by atomic mass is 32.2. The first kappa shape index (κ1) is 20.8. The van der Waals surface area contributed by atoms with Crippen molar-refractivity contribution in [1.82, 2.24) is 0 Å². The first-order valence-corrected chi connectivity index (χ1v) is 12.2. The van der Waals surface area contributed by atoms with Crippen molar-refractivity contribution in [2.24, 2.45) is 0 Å². The summed E-state index contributed by atoms with van der Waals surface area (Å²) in [4.78, 5) is 0.855. The summed E-state index contributed by atoms with van der Waals surface area (Å²) in [6, 6.07) is 24.6. The Kier molecular flexibility index (Phi) is 6.93. The standard InChI is InChI=1S/C27H29O2S/c1-2-3-4-5-7-10-21-13-15-22(16-14-21)23-17-18-25-26(20-30(28)27(25)19-23)29-24-11-8-6-9-12-24/h6,8-9,11-20,30H,2-5,7,10H2,1H3. The Morgan fingerprint density at radius 3 is 2.30 bits per heavy atom. The average Bonchev–Trinajstić information content (AvgIpc) is 3.09. The topological polar surface area (TPSA) is 29.1 Å². The molecular formula is C27H29O2S. The zero-order valence-electron chi connectivity index (χ0n) is 17.5. The molecule has 155 valence electrons. The molecule has 0 bridgehead atoms. The van der Waals surface area contributed by atoms with Crippen LogP contribution < -0.4 is 4.74 Å². The van der Waals surface area contributed by atoms with E-state index in [0.717, 1.165) is 33.8 Å². The van der Waals surface area contributed by atoms with Crippen LogP contribution in [0, 0.1) is 0 Å². The molecule has 3 aromatic carbocycles. The van der Waals surface area contributed by atoms with E-state index in [1.54, 1.807) is 5.41 Å². The Morgan fingerprint density at radius 1 is 0.800 bits per heavy atom. The zero-order chi connectivity index (χ0) is 20.8. The molecular weight excluding hydrogens is 388 g/mol. The van der Waals surface area contributed by atoms with Gasteiger partial charge in [-0.1, -0.05) is 92.3 Å². The lowest BCUT2D eigenvalue weighted by Crippen LogP contribution is -1.93. The Bertz CT molecular complexity index is 993. The second kappa shape index (κ2) is 10.0. The number of aryl methyl sites for hydroxylation is 1. The molecule has 1 aliphatic heterocycles. The third-order valence-corrected chi connectivity index (χ3v) is 6.88. The van der Waals surface area contributed by atoms with Gasteiger partial charge in [0.2, 0.25) is 0 Å². The van der Waals surface area contributed by atoms with Crippen molar-refractivity contribution in [2.75, 3.05) is 0 Å². The van der Waals surface area contributed by atoms with E-state index < -0.39 is 11.2 Å². The lowest BCUT2D eigenvalue weighted by molar-refractivity contribution is 0.515. The van der Waals surface area contributed by atoms with E-state index in [-0.39, 0.29) is 0 Å². The number of rotatable bonds is 9. The number of thiol groups is 1. The van der Waals surface area contributed by atoms with Crippen LogP contribution >= 0.6 is 11.2 Å².